The highest BCUT2D eigenvalue weighted by atomic mass is 32.2. The lowest BCUT2D eigenvalue weighted by Gasteiger charge is -2.19. The highest BCUT2D eigenvalue weighted by Crippen LogP contribution is 2.37. The molecule has 0 unspecified atom stereocenters. The van der Waals surface area contributed by atoms with E-state index in [0.717, 1.165) is 11.3 Å². The average molecular weight is 552 g/mol. The number of rotatable bonds is 9. The van der Waals surface area contributed by atoms with Crippen LogP contribution >= 0.6 is 24.0 Å². The first kappa shape index (κ1) is 27.7. The Labute approximate surface area is 232 Å². The smallest absolute Gasteiger partial charge is 0.270 e. The Morgan fingerprint density at radius 3 is 2.37 bits per heavy atom. The minimum absolute atomic E-state index is 0.0930. The van der Waals surface area contributed by atoms with Crippen LogP contribution in [0.25, 0.3) is 6.08 Å². The molecule has 0 bridgehead atoms. The van der Waals surface area contributed by atoms with Crippen molar-refractivity contribution in [3.8, 4) is 17.2 Å². The van der Waals surface area contributed by atoms with Gasteiger partial charge < -0.3 is 14.2 Å². The number of amides is 1. The van der Waals surface area contributed by atoms with Crippen LogP contribution in [0.1, 0.15) is 38.8 Å². The lowest BCUT2D eigenvalue weighted by Crippen LogP contribution is -2.27. The van der Waals surface area contributed by atoms with Gasteiger partial charge in [-0.3, -0.25) is 9.69 Å². The van der Waals surface area contributed by atoms with Crippen LogP contribution in [-0.4, -0.2) is 30.0 Å². The maximum Gasteiger partial charge on any atom is 0.270 e. The number of carbonyl (C=O) groups excluding carboxylic acids is 1. The van der Waals surface area contributed by atoms with Gasteiger partial charge in [-0.25, -0.2) is 4.39 Å². The van der Waals surface area contributed by atoms with Crippen molar-refractivity contribution in [2.24, 2.45) is 0 Å². The van der Waals surface area contributed by atoms with E-state index in [9.17, 15) is 9.18 Å². The van der Waals surface area contributed by atoms with Crippen molar-refractivity contribution < 1.29 is 23.4 Å². The molecule has 4 rings (SSSR count). The van der Waals surface area contributed by atoms with Crippen molar-refractivity contribution in [1.82, 2.24) is 0 Å². The van der Waals surface area contributed by atoms with Gasteiger partial charge in [-0.15, -0.1) is 0 Å². The number of hydrogen-bond donors (Lipinski definition) is 0. The average Bonchev–Trinajstić information content (AvgIpc) is 3.15. The van der Waals surface area contributed by atoms with Gasteiger partial charge in [0.05, 0.1) is 17.2 Å². The van der Waals surface area contributed by atoms with E-state index in [1.165, 1.54) is 34.4 Å². The van der Waals surface area contributed by atoms with Crippen LogP contribution in [0, 0.1) is 5.82 Å². The molecule has 0 aromatic heterocycles. The molecule has 5 nitrogen and oxygen atoms in total. The molecule has 3 aromatic rings. The summed E-state index contributed by atoms with van der Waals surface area (Å²) >= 11 is 6.56. The second-order valence-electron chi connectivity index (χ2n) is 9.61. The third-order valence-electron chi connectivity index (χ3n) is 5.76. The SMILES string of the molecule is CCOc1cc(/C=C2/SC(=S)N(c3cccc(F)c3)C2=O)ccc1OCCOc1ccc(C(C)(C)C)cc1. The Morgan fingerprint density at radius 1 is 0.947 bits per heavy atom. The molecule has 1 aliphatic rings. The topological polar surface area (TPSA) is 48.0 Å². The zero-order valence-electron chi connectivity index (χ0n) is 21.8. The molecular weight excluding hydrogens is 521 g/mol. The van der Waals surface area contributed by atoms with E-state index in [1.54, 1.807) is 18.2 Å². The summed E-state index contributed by atoms with van der Waals surface area (Å²) in [7, 11) is 0. The molecule has 0 atom stereocenters. The van der Waals surface area contributed by atoms with Crippen molar-refractivity contribution in [2.45, 2.75) is 33.1 Å². The molecule has 3 aromatic carbocycles. The van der Waals surface area contributed by atoms with Gasteiger partial charge in [0.1, 0.15) is 24.8 Å². The fourth-order valence-corrected chi connectivity index (χ4v) is 5.12. The monoisotopic (exact) mass is 551 g/mol. The van der Waals surface area contributed by atoms with Gasteiger partial charge in [0.15, 0.2) is 15.8 Å². The molecule has 0 saturated carbocycles. The molecule has 1 amide bonds. The van der Waals surface area contributed by atoms with Gasteiger partial charge in [0.2, 0.25) is 0 Å². The second kappa shape index (κ2) is 12.0. The van der Waals surface area contributed by atoms with Crippen LogP contribution in [0.15, 0.2) is 71.6 Å². The van der Waals surface area contributed by atoms with Crippen LogP contribution in [0.5, 0.6) is 17.2 Å². The summed E-state index contributed by atoms with van der Waals surface area (Å²) in [5.41, 5.74) is 2.51. The van der Waals surface area contributed by atoms with E-state index >= 15 is 0 Å². The minimum Gasteiger partial charge on any atom is -0.490 e. The first-order chi connectivity index (χ1) is 18.2. The number of carbonyl (C=O) groups is 1. The standard InChI is InChI=1S/C30H30FNO4S2/c1-5-34-26-17-20(18-27-28(33)32(29(37)38-27)23-8-6-7-22(31)19-23)9-14-25(26)36-16-15-35-24-12-10-21(11-13-24)30(2,3)4/h6-14,17-19H,5,15-16H2,1-4H3/b27-18+. The number of thiocarbonyl (C=S) groups is 1. The highest BCUT2D eigenvalue weighted by molar-refractivity contribution is 8.27. The van der Waals surface area contributed by atoms with Crippen molar-refractivity contribution in [2.75, 3.05) is 24.7 Å². The molecular formula is C30H30FNO4S2. The van der Waals surface area contributed by atoms with Gasteiger partial charge >= 0.3 is 0 Å². The van der Waals surface area contributed by atoms with E-state index in [-0.39, 0.29) is 11.3 Å². The normalized spacial score (nSPS) is 14.8. The summed E-state index contributed by atoms with van der Waals surface area (Å²) in [5.74, 6) is 1.22. The Morgan fingerprint density at radius 2 is 1.68 bits per heavy atom. The largest absolute Gasteiger partial charge is 0.490 e. The van der Waals surface area contributed by atoms with Crippen LogP contribution in [-0.2, 0) is 10.2 Å². The molecule has 1 fully saturated rings. The number of ether oxygens (including phenoxy) is 3. The fourth-order valence-electron chi connectivity index (χ4n) is 3.82. The van der Waals surface area contributed by atoms with Crippen LogP contribution in [0.2, 0.25) is 0 Å². The molecule has 1 saturated heterocycles. The van der Waals surface area contributed by atoms with Gasteiger partial charge in [-0.2, -0.15) is 0 Å². The predicted octanol–water partition coefficient (Wildman–Crippen LogP) is 7.39. The number of hydrogen-bond acceptors (Lipinski definition) is 6. The molecule has 1 aliphatic heterocycles. The first-order valence-corrected chi connectivity index (χ1v) is 13.5. The number of nitrogens with zero attached hydrogens (tertiary/aromatic N) is 1. The number of halogens is 1. The molecule has 0 N–H and O–H groups in total. The van der Waals surface area contributed by atoms with Gasteiger partial charge in [-0.05, 0) is 72.0 Å². The van der Waals surface area contributed by atoms with Crippen molar-refractivity contribution in [3.63, 3.8) is 0 Å². The Balaban J connectivity index is 1.40. The van der Waals surface area contributed by atoms with E-state index in [1.807, 2.05) is 37.3 Å². The maximum atomic E-state index is 13.7. The molecule has 0 spiro atoms. The van der Waals surface area contributed by atoms with Crippen molar-refractivity contribution >= 4 is 46.0 Å². The zero-order valence-corrected chi connectivity index (χ0v) is 23.5. The molecule has 0 aliphatic carbocycles. The maximum absolute atomic E-state index is 13.7. The lowest BCUT2D eigenvalue weighted by molar-refractivity contribution is -0.113. The lowest BCUT2D eigenvalue weighted by atomic mass is 9.87. The predicted molar refractivity (Wildman–Crippen MR) is 156 cm³/mol. The summed E-state index contributed by atoms with van der Waals surface area (Å²) in [4.78, 5) is 14.8. The number of anilines is 1. The second-order valence-corrected chi connectivity index (χ2v) is 11.3. The zero-order chi connectivity index (χ0) is 27.3. The van der Waals surface area contributed by atoms with Gasteiger partial charge in [0, 0.05) is 0 Å². The van der Waals surface area contributed by atoms with Crippen molar-refractivity contribution in [1.29, 1.82) is 0 Å². The molecule has 1 heterocycles. The number of benzene rings is 3. The van der Waals surface area contributed by atoms with E-state index in [2.05, 4.69) is 32.9 Å². The summed E-state index contributed by atoms with van der Waals surface area (Å²) in [6, 6.07) is 19.4. The van der Waals surface area contributed by atoms with E-state index in [4.69, 9.17) is 26.4 Å². The highest BCUT2D eigenvalue weighted by Gasteiger charge is 2.33. The molecule has 38 heavy (non-hydrogen) atoms. The first-order valence-electron chi connectivity index (χ1n) is 12.3. The van der Waals surface area contributed by atoms with E-state index < -0.39 is 5.82 Å². The van der Waals surface area contributed by atoms with E-state index in [0.29, 0.717) is 46.2 Å². The fraction of sp³-hybridized carbons (Fsp3) is 0.267. The Hall–Kier alpha value is -3.36. The molecule has 0 radical (unpaired) electrons. The third-order valence-corrected chi connectivity index (χ3v) is 7.06. The van der Waals surface area contributed by atoms with Crippen LogP contribution < -0.4 is 19.1 Å². The van der Waals surface area contributed by atoms with Crippen molar-refractivity contribution in [3.05, 3.63) is 88.6 Å². The van der Waals surface area contributed by atoms with Gasteiger partial charge in [0.25, 0.3) is 5.91 Å². The van der Waals surface area contributed by atoms with Gasteiger partial charge in [-0.1, -0.05) is 69.0 Å². The summed E-state index contributed by atoms with van der Waals surface area (Å²) in [5, 5.41) is 0. The number of thioether (sulfide) groups is 1. The summed E-state index contributed by atoms with van der Waals surface area (Å²) < 4.78 is 31.6. The van der Waals surface area contributed by atoms with Crippen LogP contribution in [0.3, 0.4) is 0 Å². The third kappa shape index (κ3) is 6.74. The molecule has 8 heteroatoms. The Bertz CT molecular complexity index is 1350. The van der Waals surface area contributed by atoms with Crippen LogP contribution in [0.4, 0.5) is 10.1 Å². The quantitative estimate of drug-likeness (QED) is 0.157. The summed E-state index contributed by atoms with van der Waals surface area (Å²) in [6.45, 7) is 9.60. The molecule has 198 valence electrons. The Kier molecular flexibility index (Phi) is 8.74. The minimum atomic E-state index is -0.429. The summed E-state index contributed by atoms with van der Waals surface area (Å²) in [6.07, 6.45) is 1.75.